The third-order valence-electron chi connectivity index (χ3n) is 4.17. The largest absolute Gasteiger partial charge is 0.348 e. The molecule has 0 saturated heterocycles. The molecule has 138 valence electrons. The molecule has 0 aliphatic carbocycles. The standard InChI is InChI=1S/C21H23N5O/c1-3-5-6-16(4-2)17-9-7-15(8-10-17)11-20-25-21(27-26-20)19(22)12-18-13-23-14-24-18/h3-10,13-14,19H,1,11-12,22H2,2H3,(H,23,24)/b6-5-,16-4+. The van der Waals surface area contributed by atoms with Gasteiger partial charge in [-0.3, -0.25) is 0 Å². The molecule has 2 aromatic heterocycles. The molecule has 6 heteroatoms. The van der Waals surface area contributed by atoms with Gasteiger partial charge in [0.15, 0.2) is 5.82 Å². The van der Waals surface area contributed by atoms with E-state index in [1.54, 1.807) is 18.6 Å². The van der Waals surface area contributed by atoms with Gasteiger partial charge >= 0.3 is 0 Å². The Morgan fingerprint density at radius 3 is 2.81 bits per heavy atom. The Balaban J connectivity index is 1.65. The minimum atomic E-state index is -0.358. The summed E-state index contributed by atoms with van der Waals surface area (Å²) in [5, 5.41) is 4.05. The predicted octanol–water partition coefficient (Wildman–Crippen LogP) is 3.77. The fraction of sp³-hybridized carbons (Fsp3) is 0.190. The number of imidazole rings is 1. The Kier molecular flexibility index (Phi) is 6.12. The highest BCUT2D eigenvalue weighted by Crippen LogP contribution is 2.19. The van der Waals surface area contributed by atoms with Crippen molar-refractivity contribution in [2.75, 3.05) is 0 Å². The maximum atomic E-state index is 6.14. The van der Waals surface area contributed by atoms with Crippen LogP contribution in [-0.2, 0) is 12.8 Å². The molecule has 3 aromatic rings. The van der Waals surface area contributed by atoms with Gasteiger partial charge in [-0.25, -0.2) is 4.98 Å². The van der Waals surface area contributed by atoms with Gasteiger partial charge in [0, 0.05) is 24.7 Å². The normalized spacial score (nSPS) is 13.2. The Morgan fingerprint density at radius 1 is 1.33 bits per heavy atom. The number of H-pyrrole nitrogens is 1. The van der Waals surface area contributed by atoms with Gasteiger partial charge in [0.25, 0.3) is 0 Å². The molecule has 3 rings (SSSR count). The number of rotatable bonds is 8. The van der Waals surface area contributed by atoms with E-state index in [1.807, 2.05) is 19.1 Å². The van der Waals surface area contributed by atoms with E-state index in [1.165, 1.54) is 0 Å². The van der Waals surface area contributed by atoms with Crippen LogP contribution < -0.4 is 5.73 Å². The van der Waals surface area contributed by atoms with E-state index in [-0.39, 0.29) is 6.04 Å². The van der Waals surface area contributed by atoms with Gasteiger partial charge < -0.3 is 15.2 Å². The zero-order valence-corrected chi connectivity index (χ0v) is 15.3. The molecule has 0 radical (unpaired) electrons. The zero-order chi connectivity index (χ0) is 19.1. The van der Waals surface area contributed by atoms with E-state index in [9.17, 15) is 0 Å². The van der Waals surface area contributed by atoms with E-state index in [0.717, 1.165) is 22.4 Å². The summed E-state index contributed by atoms with van der Waals surface area (Å²) >= 11 is 0. The predicted molar refractivity (Wildman–Crippen MR) is 106 cm³/mol. The summed E-state index contributed by atoms with van der Waals surface area (Å²) in [6, 6.07) is 7.96. The lowest BCUT2D eigenvalue weighted by Crippen LogP contribution is -2.14. The van der Waals surface area contributed by atoms with Crippen LogP contribution in [0.1, 0.15) is 41.5 Å². The molecule has 27 heavy (non-hydrogen) atoms. The lowest BCUT2D eigenvalue weighted by atomic mass is 10.0. The minimum absolute atomic E-state index is 0.358. The fourth-order valence-corrected chi connectivity index (χ4v) is 2.74. The van der Waals surface area contributed by atoms with Crippen molar-refractivity contribution in [2.45, 2.75) is 25.8 Å². The van der Waals surface area contributed by atoms with Gasteiger partial charge in [-0.2, -0.15) is 4.98 Å². The molecule has 0 spiro atoms. The van der Waals surface area contributed by atoms with Crippen LogP contribution in [0.5, 0.6) is 0 Å². The van der Waals surface area contributed by atoms with Crippen LogP contribution in [0.25, 0.3) is 5.57 Å². The van der Waals surface area contributed by atoms with Crippen LogP contribution in [0, 0.1) is 0 Å². The smallest absolute Gasteiger partial charge is 0.243 e. The summed E-state index contributed by atoms with van der Waals surface area (Å²) in [7, 11) is 0. The second kappa shape index (κ2) is 8.91. The molecule has 0 amide bonds. The Hall–Kier alpha value is -3.25. The molecule has 3 N–H and O–H groups in total. The molecular weight excluding hydrogens is 338 g/mol. The first-order valence-corrected chi connectivity index (χ1v) is 8.79. The first-order valence-electron chi connectivity index (χ1n) is 8.79. The van der Waals surface area contributed by atoms with Crippen molar-refractivity contribution in [2.24, 2.45) is 5.73 Å². The first kappa shape index (κ1) is 18.5. The lowest BCUT2D eigenvalue weighted by Gasteiger charge is -2.04. The number of benzene rings is 1. The molecular formula is C21H23N5O. The molecule has 1 atom stereocenters. The van der Waals surface area contributed by atoms with Gasteiger partial charge in [0.1, 0.15) is 0 Å². The van der Waals surface area contributed by atoms with Gasteiger partial charge in [-0.15, -0.1) is 0 Å². The van der Waals surface area contributed by atoms with Crippen molar-refractivity contribution in [1.82, 2.24) is 20.1 Å². The molecule has 0 aliphatic heterocycles. The minimum Gasteiger partial charge on any atom is -0.348 e. The fourth-order valence-electron chi connectivity index (χ4n) is 2.74. The van der Waals surface area contributed by atoms with Gasteiger partial charge in [-0.1, -0.05) is 60.3 Å². The number of nitrogens with two attached hydrogens (primary N) is 1. The third-order valence-corrected chi connectivity index (χ3v) is 4.17. The summed E-state index contributed by atoms with van der Waals surface area (Å²) in [4.78, 5) is 11.4. The summed E-state index contributed by atoms with van der Waals surface area (Å²) < 4.78 is 5.32. The highest BCUT2D eigenvalue weighted by atomic mass is 16.5. The summed E-state index contributed by atoms with van der Waals surface area (Å²) in [5.41, 5.74) is 10.5. The third kappa shape index (κ3) is 4.89. The Labute approximate surface area is 158 Å². The van der Waals surface area contributed by atoms with Gasteiger partial charge in [0.2, 0.25) is 5.89 Å². The van der Waals surface area contributed by atoms with Crippen molar-refractivity contribution < 1.29 is 4.52 Å². The quantitative estimate of drug-likeness (QED) is 0.596. The number of allylic oxidation sites excluding steroid dienone is 5. The number of hydrogen-bond acceptors (Lipinski definition) is 5. The molecule has 1 unspecified atom stereocenters. The average Bonchev–Trinajstić information content (AvgIpc) is 3.36. The summed E-state index contributed by atoms with van der Waals surface area (Å²) in [6.45, 7) is 5.72. The van der Waals surface area contributed by atoms with Crippen molar-refractivity contribution in [3.8, 4) is 0 Å². The second-order valence-corrected chi connectivity index (χ2v) is 6.15. The van der Waals surface area contributed by atoms with Crippen molar-refractivity contribution >= 4 is 5.57 Å². The second-order valence-electron chi connectivity index (χ2n) is 6.15. The van der Waals surface area contributed by atoms with Gasteiger partial charge in [-0.05, 0) is 23.6 Å². The highest BCUT2D eigenvalue weighted by molar-refractivity contribution is 5.74. The highest BCUT2D eigenvalue weighted by Gasteiger charge is 2.16. The maximum absolute atomic E-state index is 6.14. The van der Waals surface area contributed by atoms with E-state index in [0.29, 0.717) is 24.6 Å². The van der Waals surface area contributed by atoms with Crippen LogP contribution in [0.3, 0.4) is 0 Å². The van der Waals surface area contributed by atoms with Crippen molar-refractivity contribution in [1.29, 1.82) is 0 Å². The van der Waals surface area contributed by atoms with Crippen LogP contribution in [0.2, 0.25) is 0 Å². The maximum Gasteiger partial charge on any atom is 0.243 e. The molecule has 0 saturated carbocycles. The van der Waals surface area contributed by atoms with Gasteiger partial charge in [0.05, 0.1) is 12.4 Å². The molecule has 6 nitrogen and oxygen atoms in total. The zero-order valence-electron chi connectivity index (χ0n) is 15.3. The van der Waals surface area contributed by atoms with E-state index in [4.69, 9.17) is 10.3 Å². The van der Waals surface area contributed by atoms with E-state index < -0.39 is 0 Å². The van der Waals surface area contributed by atoms with E-state index in [2.05, 4.69) is 57.0 Å². The number of hydrogen-bond donors (Lipinski definition) is 2. The molecule has 0 bridgehead atoms. The summed E-state index contributed by atoms with van der Waals surface area (Å²) in [5.74, 6) is 1.05. The van der Waals surface area contributed by atoms with Crippen LogP contribution >= 0.6 is 0 Å². The molecule has 2 heterocycles. The topological polar surface area (TPSA) is 93.6 Å². The van der Waals surface area contributed by atoms with Crippen molar-refractivity contribution in [3.05, 3.63) is 96.2 Å². The Bertz CT molecular complexity index is 920. The summed E-state index contributed by atoms with van der Waals surface area (Å²) in [6.07, 6.45) is 12.3. The molecule has 0 aliphatic rings. The number of nitrogens with one attached hydrogen (secondary N) is 1. The lowest BCUT2D eigenvalue weighted by molar-refractivity contribution is 0.350. The number of aromatic nitrogens is 4. The monoisotopic (exact) mass is 361 g/mol. The van der Waals surface area contributed by atoms with Crippen LogP contribution in [0.4, 0.5) is 0 Å². The average molecular weight is 361 g/mol. The Morgan fingerprint density at radius 2 is 2.15 bits per heavy atom. The molecule has 0 fully saturated rings. The van der Waals surface area contributed by atoms with E-state index >= 15 is 0 Å². The first-order chi connectivity index (χ1) is 13.2. The SMILES string of the molecule is C=C/C=C\C(=C/C)c1ccc(Cc2noc(C(N)Cc3cnc[nH]3)n2)cc1. The molecule has 1 aromatic carbocycles. The van der Waals surface area contributed by atoms with Crippen molar-refractivity contribution in [3.63, 3.8) is 0 Å². The van der Waals surface area contributed by atoms with Crippen LogP contribution in [0.15, 0.2) is 72.2 Å². The number of nitrogens with zero attached hydrogens (tertiary/aromatic N) is 3. The number of aromatic amines is 1. The van der Waals surface area contributed by atoms with Crippen LogP contribution in [-0.4, -0.2) is 20.1 Å².